The lowest BCUT2D eigenvalue weighted by Gasteiger charge is -2.28. The Morgan fingerprint density at radius 3 is 2.28 bits per heavy atom. The lowest BCUT2D eigenvalue weighted by Crippen LogP contribution is -2.36. The fourth-order valence-electron chi connectivity index (χ4n) is 2.68. The molecule has 2 aromatic carbocycles. The van der Waals surface area contributed by atoms with Crippen molar-refractivity contribution in [1.82, 2.24) is 0 Å². The summed E-state index contributed by atoms with van der Waals surface area (Å²) in [5.41, 5.74) is 0.134. The Labute approximate surface area is 143 Å². The number of nitrogens with zero attached hydrogens (tertiary/aromatic N) is 1. The van der Waals surface area contributed by atoms with Gasteiger partial charge in [-0.1, -0.05) is 12.1 Å². The molecule has 25 heavy (non-hydrogen) atoms. The number of ether oxygens (including phenoxy) is 1. The van der Waals surface area contributed by atoms with Crippen LogP contribution in [0, 0.1) is 0 Å². The van der Waals surface area contributed by atoms with Gasteiger partial charge in [0.15, 0.2) is 0 Å². The van der Waals surface area contributed by atoms with Crippen LogP contribution in [0.2, 0.25) is 0 Å². The smallest absolute Gasteiger partial charge is 0.378 e. The number of anilines is 2. The standard InChI is InChI=1S/C18H17F3N2O2/c19-18(20,21)15-3-1-2-4-16(15)22-17(24)13-5-7-14(8-6-13)23-9-11-25-12-10-23/h1-8H,9-12H2,(H,22,24). The van der Waals surface area contributed by atoms with Crippen molar-refractivity contribution >= 4 is 17.3 Å². The molecule has 0 spiro atoms. The van der Waals surface area contributed by atoms with Gasteiger partial charge in [-0.25, -0.2) is 0 Å². The molecule has 0 aromatic heterocycles. The molecule has 3 rings (SSSR count). The summed E-state index contributed by atoms with van der Waals surface area (Å²) in [6, 6.07) is 11.7. The molecule has 0 unspecified atom stereocenters. The fourth-order valence-corrected chi connectivity index (χ4v) is 2.68. The highest BCUT2D eigenvalue weighted by atomic mass is 19.4. The number of rotatable bonds is 3. The number of hydrogen-bond acceptors (Lipinski definition) is 3. The molecule has 7 heteroatoms. The van der Waals surface area contributed by atoms with Gasteiger partial charge in [-0.15, -0.1) is 0 Å². The molecule has 0 bridgehead atoms. The average Bonchev–Trinajstić information content (AvgIpc) is 2.62. The number of hydrogen-bond donors (Lipinski definition) is 1. The third-order valence-corrected chi connectivity index (χ3v) is 3.99. The molecule has 1 amide bonds. The maximum absolute atomic E-state index is 13.0. The molecule has 0 aliphatic carbocycles. The van der Waals surface area contributed by atoms with Gasteiger partial charge in [-0.2, -0.15) is 13.2 Å². The Morgan fingerprint density at radius 2 is 1.64 bits per heavy atom. The minimum absolute atomic E-state index is 0.253. The van der Waals surface area contributed by atoms with Crippen molar-refractivity contribution in [2.45, 2.75) is 6.18 Å². The first-order valence-corrected chi connectivity index (χ1v) is 7.85. The molecule has 1 aliphatic rings. The molecule has 1 aliphatic heterocycles. The molecule has 4 nitrogen and oxygen atoms in total. The molecular formula is C18H17F3N2O2. The van der Waals surface area contributed by atoms with Crippen molar-refractivity contribution in [3.8, 4) is 0 Å². The Morgan fingerprint density at radius 1 is 1.00 bits per heavy atom. The predicted octanol–water partition coefficient (Wildman–Crippen LogP) is 3.79. The van der Waals surface area contributed by atoms with Gasteiger partial charge in [0.05, 0.1) is 24.5 Å². The zero-order valence-electron chi connectivity index (χ0n) is 13.3. The van der Waals surface area contributed by atoms with E-state index in [0.29, 0.717) is 18.8 Å². The third-order valence-electron chi connectivity index (χ3n) is 3.99. The first-order chi connectivity index (χ1) is 11.9. The lowest BCUT2D eigenvalue weighted by atomic mass is 10.1. The lowest BCUT2D eigenvalue weighted by molar-refractivity contribution is -0.136. The molecule has 0 radical (unpaired) electrons. The zero-order valence-corrected chi connectivity index (χ0v) is 13.3. The summed E-state index contributed by atoms with van der Waals surface area (Å²) < 4.78 is 44.3. The van der Waals surface area contributed by atoms with Crippen LogP contribution in [0.25, 0.3) is 0 Å². The zero-order chi connectivity index (χ0) is 17.9. The van der Waals surface area contributed by atoms with Crippen LogP contribution in [0.4, 0.5) is 24.5 Å². The second-order valence-electron chi connectivity index (χ2n) is 5.64. The van der Waals surface area contributed by atoms with E-state index in [0.717, 1.165) is 24.8 Å². The Bertz CT molecular complexity index is 739. The number of nitrogens with one attached hydrogen (secondary N) is 1. The molecule has 1 heterocycles. The highest BCUT2D eigenvalue weighted by molar-refractivity contribution is 6.04. The van der Waals surface area contributed by atoms with Crippen LogP contribution in [0.3, 0.4) is 0 Å². The number of carbonyl (C=O) groups excluding carboxylic acids is 1. The second kappa shape index (κ2) is 7.14. The Hall–Kier alpha value is -2.54. The summed E-state index contributed by atoms with van der Waals surface area (Å²) in [5, 5.41) is 2.34. The first-order valence-electron chi connectivity index (χ1n) is 7.85. The topological polar surface area (TPSA) is 41.6 Å². The van der Waals surface area contributed by atoms with Gasteiger partial charge in [-0.3, -0.25) is 4.79 Å². The van der Waals surface area contributed by atoms with Gasteiger partial charge in [0, 0.05) is 24.3 Å². The largest absolute Gasteiger partial charge is 0.418 e. The average molecular weight is 350 g/mol. The van der Waals surface area contributed by atoms with Crippen molar-refractivity contribution in [2.24, 2.45) is 0 Å². The maximum atomic E-state index is 13.0. The molecule has 0 saturated carbocycles. The highest BCUT2D eigenvalue weighted by Crippen LogP contribution is 2.34. The van der Waals surface area contributed by atoms with Crippen molar-refractivity contribution in [2.75, 3.05) is 36.5 Å². The summed E-state index contributed by atoms with van der Waals surface area (Å²) in [4.78, 5) is 14.4. The number of morpholine rings is 1. The highest BCUT2D eigenvalue weighted by Gasteiger charge is 2.33. The normalized spacial score (nSPS) is 15.1. The molecule has 2 aromatic rings. The number of benzene rings is 2. The summed E-state index contributed by atoms with van der Waals surface area (Å²) in [5.74, 6) is -0.578. The van der Waals surface area contributed by atoms with Crippen molar-refractivity contribution in [3.63, 3.8) is 0 Å². The molecular weight excluding hydrogens is 333 g/mol. The van der Waals surface area contributed by atoms with Gasteiger partial charge in [0.2, 0.25) is 0 Å². The third kappa shape index (κ3) is 4.11. The minimum atomic E-state index is -4.52. The number of amides is 1. The Balaban J connectivity index is 1.74. The van der Waals surface area contributed by atoms with Crippen LogP contribution in [0.5, 0.6) is 0 Å². The van der Waals surface area contributed by atoms with Gasteiger partial charge in [-0.05, 0) is 36.4 Å². The van der Waals surface area contributed by atoms with E-state index in [1.807, 2.05) is 0 Å². The van der Waals surface area contributed by atoms with Crippen LogP contribution in [0.15, 0.2) is 48.5 Å². The molecule has 1 fully saturated rings. The Kier molecular flexibility index (Phi) is 4.94. The minimum Gasteiger partial charge on any atom is -0.378 e. The van der Waals surface area contributed by atoms with E-state index >= 15 is 0 Å². The van der Waals surface area contributed by atoms with Crippen LogP contribution in [-0.2, 0) is 10.9 Å². The number of alkyl halides is 3. The SMILES string of the molecule is O=C(Nc1ccccc1C(F)(F)F)c1ccc(N2CCOCC2)cc1. The fraction of sp³-hybridized carbons (Fsp3) is 0.278. The summed E-state index contributed by atoms with van der Waals surface area (Å²) in [7, 11) is 0. The van der Waals surface area contributed by atoms with E-state index in [2.05, 4.69) is 10.2 Å². The number of para-hydroxylation sites is 1. The van der Waals surface area contributed by atoms with E-state index < -0.39 is 17.6 Å². The molecule has 1 N–H and O–H groups in total. The van der Waals surface area contributed by atoms with Crippen molar-refractivity contribution < 1.29 is 22.7 Å². The van der Waals surface area contributed by atoms with Crippen LogP contribution in [0.1, 0.15) is 15.9 Å². The van der Waals surface area contributed by atoms with Gasteiger partial charge >= 0.3 is 6.18 Å². The van der Waals surface area contributed by atoms with E-state index in [9.17, 15) is 18.0 Å². The number of carbonyl (C=O) groups is 1. The van der Waals surface area contributed by atoms with E-state index in [4.69, 9.17) is 4.74 Å². The quantitative estimate of drug-likeness (QED) is 0.916. The van der Waals surface area contributed by atoms with Crippen molar-refractivity contribution in [3.05, 3.63) is 59.7 Å². The summed E-state index contributed by atoms with van der Waals surface area (Å²) in [6.45, 7) is 2.84. The van der Waals surface area contributed by atoms with Crippen molar-refractivity contribution in [1.29, 1.82) is 0 Å². The van der Waals surface area contributed by atoms with E-state index in [1.54, 1.807) is 24.3 Å². The molecule has 1 saturated heterocycles. The molecule has 132 valence electrons. The first kappa shape index (κ1) is 17.3. The predicted molar refractivity (Wildman–Crippen MR) is 88.9 cm³/mol. The van der Waals surface area contributed by atoms with Gasteiger partial charge in [0.1, 0.15) is 0 Å². The summed E-state index contributed by atoms with van der Waals surface area (Å²) >= 11 is 0. The summed E-state index contributed by atoms with van der Waals surface area (Å²) in [6.07, 6.45) is -4.52. The van der Waals surface area contributed by atoms with Crippen LogP contribution < -0.4 is 10.2 Å². The van der Waals surface area contributed by atoms with Crippen LogP contribution in [-0.4, -0.2) is 32.2 Å². The monoisotopic (exact) mass is 350 g/mol. The van der Waals surface area contributed by atoms with Crippen LogP contribution >= 0.6 is 0 Å². The molecule has 0 atom stereocenters. The van der Waals surface area contributed by atoms with Gasteiger partial charge < -0.3 is 15.0 Å². The van der Waals surface area contributed by atoms with Gasteiger partial charge in [0.25, 0.3) is 5.91 Å². The second-order valence-corrected chi connectivity index (χ2v) is 5.64. The number of halogens is 3. The maximum Gasteiger partial charge on any atom is 0.418 e. The van der Waals surface area contributed by atoms with E-state index in [1.165, 1.54) is 18.2 Å². The van der Waals surface area contributed by atoms with E-state index in [-0.39, 0.29) is 5.69 Å².